The molecule has 184 valence electrons. The summed E-state index contributed by atoms with van der Waals surface area (Å²) in [5.74, 6) is 4.26. The van der Waals surface area contributed by atoms with E-state index in [0.29, 0.717) is 24.2 Å². The fraction of sp³-hybridized carbons (Fsp3) is 0.759. The SMILES string of the molecule is CC[C@@]1(O)CC[C@H]2[C@@H](CC[C@@H]3[C@@H]2CC[C@]2(C)[C@@H](C(=O)Cn4nc5ccc(C)cc5n4)CC[C@@H]32)C1. The first-order valence-corrected chi connectivity index (χ1v) is 13.9. The molecule has 5 nitrogen and oxygen atoms in total. The van der Waals surface area contributed by atoms with Crippen LogP contribution in [-0.4, -0.2) is 31.5 Å². The van der Waals surface area contributed by atoms with E-state index in [1.54, 1.807) is 4.80 Å². The number of aromatic nitrogens is 3. The summed E-state index contributed by atoms with van der Waals surface area (Å²) in [5.41, 5.74) is 2.64. The summed E-state index contributed by atoms with van der Waals surface area (Å²) in [6.07, 6.45) is 11.4. The molecule has 34 heavy (non-hydrogen) atoms. The lowest BCUT2D eigenvalue weighted by molar-refractivity contribution is -0.133. The van der Waals surface area contributed by atoms with Crippen LogP contribution in [-0.2, 0) is 11.3 Å². The van der Waals surface area contributed by atoms with Gasteiger partial charge >= 0.3 is 0 Å². The van der Waals surface area contributed by atoms with Crippen LogP contribution in [0.5, 0.6) is 0 Å². The fourth-order valence-corrected chi connectivity index (χ4v) is 9.20. The number of hydrogen-bond acceptors (Lipinski definition) is 4. The second kappa shape index (κ2) is 8.15. The highest BCUT2D eigenvalue weighted by atomic mass is 16.3. The van der Waals surface area contributed by atoms with Gasteiger partial charge in [0.1, 0.15) is 17.6 Å². The van der Waals surface area contributed by atoms with Crippen LogP contribution in [0.15, 0.2) is 18.2 Å². The van der Waals surface area contributed by atoms with Gasteiger partial charge in [0, 0.05) is 5.92 Å². The van der Waals surface area contributed by atoms with Gasteiger partial charge < -0.3 is 5.11 Å². The van der Waals surface area contributed by atoms with Gasteiger partial charge in [0.05, 0.1) is 5.60 Å². The molecular weight excluding hydrogens is 422 g/mol. The zero-order chi connectivity index (χ0) is 23.7. The Balaban J connectivity index is 1.17. The number of benzene rings is 1. The number of nitrogens with zero attached hydrogens (tertiary/aromatic N) is 3. The summed E-state index contributed by atoms with van der Waals surface area (Å²) < 4.78 is 0. The molecule has 0 bridgehead atoms. The van der Waals surface area contributed by atoms with Crippen molar-refractivity contribution >= 4 is 16.8 Å². The van der Waals surface area contributed by atoms with E-state index in [4.69, 9.17) is 0 Å². The first kappa shape index (κ1) is 22.7. The number of carbonyl (C=O) groups excluding carboxylic acids is 1. The first-order chi connectivity index (χ1) is 16.3. The summed E-state index contributed by atoms with van der Waals surface area (Å²) in [7, 11) is 0. The number of aryl methyl sites for hydroxylation is 1. The molecule has 0 aliphatic heterocycles. The maximum Gasteiger partial charge on any atom is 0.159 e. The van der Waals surface area contributed by atoms with Gasteiger partial charge in [-0.15, -0.1) is 0 Å². The predicted octanol–water partition coefficient (Wildman–Crippen LogP) is 5.72. The zero-order valence-corrected chi connectivity index (χ0v) is 21.2. The number of fused-ring (bicyclic) bond motifs is 6. The molecule has 4 aliphatic rings. The van der Waals surface area contributed by atoms with Crippen LogP contribution in [0.25, 0.3) is 11.0 Å². The molecule has 4 saturated carbocycles. The zero-order valence-electron chi connectivity index (χ0n) is 21.2. The molecule has 4 aliphatic carbocycles. The molecule has 0 spiro atoms. The van der Waals surface area contributed by atoms with Crippen LogP contribution in [0.4, 0.5) is 0 Å². The normalized spacial score (nSPS) is 41.6. The molecule has 1 N–H and O–H groups in total. The van der Waals surface area contributed by atoms with Gasteiger partial charge in [0.25, 0.3) is 0 Å². The Morgan fingerprint density at radius 2 is 1.82 bits per heavy atom. The van der Waals surface area contributed by atoms with Crippen molar-refractivity contribution in [3.05, 3.63) is 23.8 Å². The van der Waals surface area contributed by atoms with Crippen molar-refractivity contribution in [2.24, 2.45) is 40.9 Å². The minimum Gasteiger partial charge on any atom is -0.390 e. The molecule has 0 amide bonds. The second-order valence-corrected chi connectivity index (χ2v) is 12.6. The molecule has 0 saturated heterocycles. The molecule has 4 fully saturated rings. The maximum atomic E-state index is 13.6. The van der Waals surface area contributed by atoms with Crippen molar-refractivity contribution < 1.29 is 9.90 Å². The summed E-state index contributed by atoms with van der Waals surface area (Å²) >= 11 is 0. The van der Waals surface area contributed by atoms with Crippen molar-refractivity contribution in [2.75, 3.05) is 0 Å². The van der Waals surface area contributed by atoms with Crippen molar-refractivity contribution in [2.45, 2.75) is 97.1 Å². The Labute approximate surface area is 203 Å². The molecule has 6 rings (SSSR count). The lowest BCUT2D eigenvalue weighted by atomic mass is 9.48. The van der Waals surface area contributed by atoms with E-state index in [-0.39, 0.29) is 11.3 Å². The Kier molecular flexibility index (Phi) is 5.44. The second-order valence-electron chi connectivity index (χ2n) is 12.6. The Morgan fingerprint density at radius 1 is 1.03 bits per heavy atom. The van der Waals surface area contributed by atoms with Crippen molar-refractivity contribution in [1.29, 1.82) is 0 Å². The lowest BCUT2D eigenvalue weighted by Gasteiger charge is -2.57. The van der Waals surface area contributed by atoms with Gasteiger partial charge in [-0.25, -0.2) is 0 Å². The van der Waals surface area contributed by atoms with Crippen LogP contribution in [0.1, 0.15) is 83.6 Å². The van der Waals surface area contributed by atoms with Gasteiger partial charge in [-0.2, -0.15) is 15.0 Å². The minimum absolute atomic E-state index is 0.132. The maximum absolute atomic E-state index is 13.6. The third-order valence-electron chi connectivity index (χ3n) is 11.0. The first-order valence-electron chi connectivity index (χ1n) is 13.9. The summed E-state index contributed by atoms with van der Waals surface area (Å²) in [6.45, 7) is 6.94. The largest absolute Gasteiger partial charge is 0.390 e. The molecule has 1 aromatic carbocycles. The number of hydrogen-bond donors (Lipinski definition) is 1. The Bertz CT molecular complexity index is 1090. The molecule has 0 unspecified atom stereocenters. The Morgan fingerprint density at radius 3 is 2.65 bits per heavy atom. The van der Waals surface area contributed by atoms with Crippen LogP contribution < -0.4 is 0 Å². The fourth-order valence-electron chi connectivity index (χ4n) is 9.20. The van der Waals surface area contributed by atoms with E-state index in [1.165, 1.54) is 44.1 Å². The van der Waals surface area contributed by atoms with Gasteiger partial charge in [-0.05, 0) is 124 Å². The molecule has 1 aromatic heterocycles. The number of Topliss-reactive ketones (excluding diaryl/α,β-unsaturated/α-hetero) is 1. The topological polar surface area (TPSA) is 68.0 Å². The Hall–Kier alpha value is -1.75. The molecular formula is C29H41N3O2. The predicted molar refractivity (Wildman–Crippen MR) is 133 cm³/mol. The summed E-state index contributed by atoms with van der Waals surface area (Å²) in [5, 5.41) is 20.1. The number of ketones is 1. The molecule has 1 heterocycles. The van der Waals surface area contributed by atoms with Crippen LogP contribution in [0.2, 0.25) is 0 Å². The van der Waals surface area contributed by atoms with Crippen LogP contribution in [0.3, 0.4) is 0 Å². The van der Waals surface area contributed by atoms with Crippen LogP contribution >= 0.6 is 0 Å². The summed E-state index contributed by atoms with van der Waals surface area (Å²) in [4.78, 5) is 15.2. The van der Waals surface area contributed by atoms with Gasteiger partial charge in [-0.1, -0.05) is 19.9 Å². The van der Waals surface area contributed by atoms with Gasteiger partial charge in [0.2, 0.25) is 0 Å². The minimum atomic E-state index is -0.411. The lowest BCUT2D eigenvalue weighted by Crippen LogP contribution is -2.51. The number of carbonyl (C=O) groups is 1. The van der Waals surface area contributed by atoms with Crippen LogP contribution in [0, 0.1) is 47.8 Å². The van der Waals surface area contributed by atoms with E-state index in [1.807, 2.05) is 18.2 Å². The third kappa shape index (κ3) is 3.56. The third-order valence-corrected chi connectivity index (χ3v) is 11.0. The number of aliphatic hydroxyl groups is 1. The summed E-state index contributed by atoms with van der Waals surface area (Å²) in [6, 6.07) is 6.09. The highest BCUT2D eigenvalue weighted by Crippen LogP contribution is 2.64. The van der Waals surface area contributed by atoms with Gasteiger partial charge in [-0.3, -0.25) is 4.79 Å². The monoisotopic (exact) mass is 463 g/mol. The van der Waals surface area contributed by atoms with Crippen molar-refractivity contribution in [1.82, 2.24) is 15.0 Å². The highest BCUT2D eigenvalue weighted by Gasteiger charge is 2.58. The molecule has 5 heteroatoms. The van der Waals surface area contributed by atoms with Crippen molar-refractivity contribution in [3.8, 4) is 0 Å². The molecule has 2 aromatic rings. The molecule has 8 atom stereocenters. The average Bonchev–Trinajstić information content (AvgIpc) is 3.38. The van der Waals surface area contributed by atoms with E-state index in [9.17, 15) is 9.90 Å². The van der Waals surface area contributed by atoms with E-state index < -0.39 is 5.60 Å². The quantitative estimate of drug-likeness (QED) is 0.630. The average molecular weight is 464 g/mol. The van der Waals surface area contributed by atoms with E-state index >= 15 is 0 Å². The van der Waals surface area contributed by atoms with Crippen molar-refractivity contribution in [3.63, 3.8) is 0 Å². The standard InChI is InChI=1S/C29H41N3O2/c1-4-29(34)14-12-20-19(16-29)6-7-22-21(20)11-13-28(3)23(22)8-9-24(28)27(33)17-32-30-25-10-5-18(2)15-26(25)31-32/h5,10,15,19-24,34H,4,6-9,11-14,16-17H2,1-3H3/t19-,20-,21+,22+,23-,24+,28-,29+/m0/s1. The smallest absolute Gasteiger partial charge is 0.159 e. The molecule has 0 radical (unpaired) electrons. The van der Waals surface area contributed by atoms with E-state index in [0.717, 1.165) is 54.5 Å². The highest BCUT2D eigenvalue weighted by molar-refractivity contribution is 5.82. The van der Waals surface area contributed by atoms with E-state index in [2.05, 4.69) is 31.0 Å². The van der Waals surface area contributed by atoms with Gasteiger partial charge in [0.15, 0.2) is 5.78 Å². The number of rotatable bonds is 4.